The summed E-state index contributed by atoms with van der Waals surface area (Å²) in [5.41, 5.74) is -0.766. The van der Waals surface area contributed by atoms with Crippen LogP contribution in [0.4, 0.5) is 0 Å². The number of amides is 1. The summed E-state index contributed by atoms with van der Waals surface area (Å²) in [5, 5.41) is 0. The molecule has 2 fully saturated rings. The lowest BCUT2D eigenvalue weighted by Gasteiger charge is -2.26. The number of hydrogen-bond donors (Lipinski definition) is 0. The molecule has 0 aromatic carbocycles. The second-order valence-electron chi connectivity index (χ2n) is 6.31. The van der Waals surface area contributed by atoms with Crippen molar-refractivity contribution in [2.45, 2.75) is 33.6 Å². The third-order valence-corrected chi connectivity index (χ3v) is 4.25. The number of hydrogen-bond acceptors (Lipinski definition) is 2. The van der Waals surface area contributed by atoms with Crippen LogP contribution in [0.1, 0.15) is 33.6 Å². The molecule has 0 aromatic rings. The minimum atomic E-state index is -0.730. The minimum absolute atomic E-state index is 0.0282. The number of carbonyl (C=O) groups is 2. The van der Waals surface area contributed by atoms with Crippen molar-refractivity contribution in [1.29, 1.82) is 0 Å². The zero-order valence-corrected chi connectivity index (χ0v) is 11.0. The lowest BCUT2D eigenvalue weighted by molar-refractivity contribution is -0.143. The molecular formula is C14H21NO2. The molecule has 3 nitrogen and oxygen atoms in total. The Morgan fingerprint density at radius 2 is 2.12 bits per heavy atom. The van der Waals surface area contributed by atoms with Crippen molar-refractivity contribution >= 4 is 11.7 Å². The quantitative estimate of drug-likeness (QED) is 0.542. The standard InChI is InChI=1S/C14H21NO2/c1-5-6-15-8-10(2)14(12(15)17)9-13(3,4)7-11(14)16/h5,10H,1,6-9H2,2-4H3/t10-,14+/m0/s1. The first kappa shape index (κ1) is 12.3. The first-order valence-electron chi connectivity index (χ1n) is 6.27. The second-order valence-corrected chi connectivity index (χ2v) is 6.31. The van der Waals surface area contributed by atoms with Crippen LogP contribution in [-0.2, 0) is 9.59 Å². The van der Waals surface area contributed by atoms with Crippen molar-refractivity contribution in [1.82, 2.24) is 4.90 Å². The Morgan fingerprint density at radius 1 is 1.47 bits per heavy atom. The molecule has 0 radical (unpaired) electrons. The summed E-state index contributed by atoms with van der Waals surface area (Å²) >= 11 is 0. The highest BCUT2D eigenvalue weighted by molar-refractivity contribution is 6.09. The van der Waals surface area contributed by atoms with E-state index in [0.29, 0.717) is 25.9 Å². The average Bonchev–Trinajstić information content (AvgIpc) is 2.58. The molecule has 1 aliphatic carbocycles. The number of nitrogens with zero attached hydrogens (tertiary/aromatic N) is 1. The van der Waals surface area contributed by atoms with E-state index in [0.717, 1.165) is 0 Å². The minimum Gasteiger partial charge on any atom is -0.338 e. The SMILES string of the molecule is C=CCN1C[C@H](C)[C@@]2(CC(C)(C)CC2=O)C1=O. The predicted molar refractivity (Wildman–Crippen MR) is 66.4 cm³/mol. The van der Waals surface area contributed by atoms with Crippen LogP contribution in [0.15, 0.2) is 12.7 Å². The van der Waals surface area contributed by atoms with Gasteiger partial charge < -0.3 is 4.90 Å². The molecule has 0 N–H and O–H groups in total. The van der Waals surface area contributed by atoms with Crippen molar-refractivity contribution in [3.8, 4) is 0 Å². The van der Waals surface area contributed by atoms with Gasteiger partial charge in [-0.3, -0.25) is 9.59 Å². The molecule has 0 aromatic heterocycles. The van der Waals surface area contributed by atoms with Crippen molar-refractivity contribution < 1.29 is 9.59 Å². The lowest BCUT2D eigenvalue weighted by Crippen LogP contribution is -2.39. The molecule has 0 bridgehead atoms. The molecule has 0 unspecified atom stereocenters. The van der Waals surface area contributed by atoms with Gasteiger partial charge in [-0.2, -0.15) is 0 Å². The highest BCUT2D eigenvalue weighted by Gasteiger charge is 2.62. The van der Waals surface area contributed by atoms with Gasteiger partial charge in [0.15, 0.2) is 0 Å². The summed E-state index contributed by atoms with van der Waals surface area (Å²) in [6, 6.07) is 0. The molecule has 2 rings (SSSR count). The first-order chi connectivity index (χ1) is 7.83. The molecule has 1 amide bonds. The third kappa shape index (κ3) is 1.63. The zero-order valence-electron chi connectivity index (χ0n) is 11.0. The van der Waals surface area contributed by atoms with Gasteiger partial charge in [0.25, 0.3) is 0 Å². The summed E-state index contributed by atoms with van der Waals surface area (Å²) in [6.45, 7) is 11.1. The smallest absolute Gasteiger partial charge is 0.236 e. The van der Waals surface area contributed by atoms with E-state index in [4.69, 9.17) is 0 Å². The van der Waals surface area contributed by atoms with Gasteiger partial charge in [0.1, 0.15) is 11.2 Å². The Hall–Kier alpha value is -1.12. The Morgan fingerprint density at radius 3 is 2.59 bits per heavy atom. The van der Waals surface area contributed by atoms with E-state index in [1.54, 1.807) is 11.0 Å². The number of rotatable bonds is 2. The van der Waals surface area contributed by atoms with E-state index < -0.39 is 5.41 Å². The molecule has 3 heteroatoms. The Labute approximate surface area is 103 Å². The van der Waals surface area contributed by atoms with E-state index in [-0.39, 0.29) is 23.0 Å². The monoisotopic (exact) mass is 235 g/mol. The lowest BCUT2D eigenvalue weighted by atomic mass is 9.74. The van der Waals surface area contributed by atoms with E-state index in [2.05, 4.69) is 20.4 Å². The van der Waals surface area contributed by atoms with E-state index in [1.165, 1.54) is 0 Å². The number of ketones is 1. The largest absolute Gasteiger partial charge is 0.338 e. The van der Waals surface area contributed by atoms with Gasteiger partial charge >= 0.3 is 0 Å². The molecule has 1 saturated carbocycles. The molecular weight excluding hydrogens is 214 g/mol. The maximum absolute atomic E-state index is 12.5. The Kier molecular flexibility index (Phi) is 2.68. The molecule has 1 aliphatic heterocycles. The zero-order chi connectivity index (χ0) is 12.8. The van der Waals surface area contributed by atoms with Gasteiger partial charge in [0, 0.05) is 19.5 Å². The van der Waals surface area contributed by atoms with Crippen molar-refractivity contribution in [3.63, 3.8) is 0 Å². The van der Waals surface area contributed by atoms with Crippen molar-refractivity contribution in [2.75, 3.05) is 13.1 Å². The van der Waals surface area contributed by atoms with Crippen molar-refractivity contribution in [2.24, 2.45) is 16.7 Å². The van der Waals surface area contributed by atoms with Gasteiger partial charge in [0.05, 0.1) is 0 Å². The first-order valence-corrected chi connectivity index (χ1v) is 6.27. The average molecular weight is 235 g/mol. The van der Waals surface area contributed by atoms with Crippen LogP contribution in [-0.4, -0.2) is 29.7 Å². The predicted octanol–water partition coefficient (Wildman–Crippen LogP) is 2.03. The maximum Gasteiger partial charge on any atom is 0.236 e. The van der Waals surface area contributed by atoms with Gasteiger partial charge in [-0.25, -0.2) is 0 Å². The second kappa shape index (κ2) is 3.69. The summed E-state index contributed by atoms with van der Waals surface area (Å²) < 4.78 is 0. The molecule has 1 saturated heterocycles. The molecule has 1 spiro atoms. The van der Waals surface area contributed by atoms with Gasteiger partial charge in [0.2, 0.25) is 5.91 Å². The van der Waals surface area contributed by atoms with Gasteiger partial charge in [-0.1, -0.05) is 26.8 Å². The van der Waals surface area contributed by atoms with Gasteiger partial charge in [-0.15, -0.1) is 6.58 Å². The number of carbonyl (C=O) groups excluding carboxylic acids is 2. The Bertz CT molecular complexity index is 386. The summed E-state index contributed by atoms with van der Waals surface area (Å²) in [4.78, 5) is 26.6. The normalized spacial score (nSPS) is 35.9. The van der Waals surface area contributed by atoms with E-state index >= 15 is 0 Å². The molecule has 2 atom stereocenters. The van der Waals surface area contributed by atoms with Gasteiger partial charge in [-0.05, 0) is 17.8 Å². The molecule has 1 heterocycles. The van der Waals surface area contributed by atoms with Crippen LogP contribution < -0.4 is 0 Å². The Balaban J connectivity index is 2.35. The van der Waals surface area contributed by atoms with Crippen LogP contribution >= 0.6 is 0 Å². The van der Waals surface area contributed by atoms with Crippen LogP contribution in [0.3, 0.4) is 0 Å². The molecule has 2 aliphatic rings. The highest BCUT2D eigenvalue weighted by atomic mass is 16.2. The topological polar surface area (TPSA) is 37.4 Å². The summed E-state index contributed by atoms with van der Waals surface area (Å²) in [7, 11) is 0. The summed E-state index contributed by atoms with van der Waals surface area (Å²) in [5.74, 6) is 0.302. The fraction of sp³-hybridized carbons (Fsp3) is 0.714. The van der Waals surface area contributed by atoms with Crippen LogP contribution in [0.2, 0.25) is 0 Å². The number of likely N-dealkylation sites (tertiary alicyclic amines) is 1. The molecule has 17 heavy (non-hydrogen) atoms. The summed E-state index contributed by atoms with van der Waals surface area (Å²) in [6.07, 6.45) is 2.96. The third-order valence-electron chi connectivity index (χ3n) is 4.25. The maximum atomic E-state index is 12.5. The highest BCUT2D eigenvalue weighted by Crippen LogP contribution is 2.54. The fourth-order valence-corrected chi connectivity index (χ4v) is 3.53. The van der Waals surface area contributed by atoms with E-state index in [9.17, 15) is 9.59 Å². The number of Topliss-reactive ketones (excluding diaryl/α,β-unsaturated/α-hetero) is 1. The fourth-order valence-electron chi connectivity index (χ4n) is 3.53. The molecule has 94 valence electrons. The van der Waals surface area contributed by atoms with Crippen molar-refractivity contribution in [3.05, 3.63) is 12.7 Å². The van der Waals surface area contributed by atoms with E-state index in [1.807, 2.05) is 6.92 Å². The van der Waals surface area contributed by atoms with Crippen LogP contribution in [0.5, 0.6) is 0 Å². The van der Waals surface area contributed by atoms with Crippen LogP contribution in [0.25, 0.3) is 0 Å². The van der Waals surface area contributed by atoms with Crippen LogP contribution in [0, 0.1) is 16.7 Å².